The first kappa shape index (κ1) is 29.6. The summed E-state index contributed by atoms with van der Waals surface area (Å²) in [6, 6.07) is 10.8. The first-order valence-electron chi connectivity index (χ1n) is 13.5. The van der Waals surface area contributed by atoms with Gasteiger partial charge in [0.2, 0.25) is 11.6 Å². The Morgan fingerprint density at radius 3 is 1.70 bits per heavy atom. The molecule has 8 heteroatoms. The molecule has 1 aliphatic carbocycles. The molecule has 0 bridgehead atoms. The van der Waals surface area contributed by atoms with Crippen LogP contribution in [0.4, 0.5) is 26.3 Å². The van der Waals surface area contributed by atoms with Gasteiger partial charge in [-0.05, 0) is 86.8 Å². The van der Waals surface area contributed by atoms with Crippen molar-refractivity contribution in [2.75, 3.05) is 13.2 Å². The first-order chi connectivity index (χ1) is 19.1. The van der Waals surface area contributed by atoms with Gasteiger partial charge in [-0.3, -0.25) is 0 Å². The lowest BCUT2D eigenvalue weighted by Gasteiger charge is -2.29. The van der Waals surface area contributed by atoms with Crippen LogP contribution in [0, 0.1) is 35.1 Å². The molecule has 3 aromatic rings. The van der Waals surface area contributed by atoms with Crippen molar-refractivity contribution in [2.24, 2.45) is 11.8 Å². The van der Waals surface area contributed by atoms with Crippen LogP contribution < -0.4 is 9.47 Å². The molecule has 0 aliphatic heterocycles. The summed E-state index contributed by atoms with van der Waals surface area (Å²) in [5, 5.41) is 0. The molecule has 1 saturated carbocycles. The molecule has 0 spiro atoms. The van der Waals surface area contributed by atoms with E-state index >= 15 is 0 Å². The Kier molecular flexibility index (Phi) is 9.48. The fourth-order valence-corrected chi connectivity index (χ4v) is 5.24. The normalized spacial score (nSPS) is 17.8. The molecule has 1 aliphatic rings. The summed E-state index contributed by atoms with van der Waals surface area (Å²) in [7, 11) is 0. The van der Waals surface area contributed by atoms with E-state index in [0.717, 1.165) is 18.9 Å². The zero-order chi connectivity index (χ0) is 28.9. The number of hydrogen-bond acceptors (Lipinski definition) is 2. The molecule has 0 unspecified atom stereocenters. The second-order valence-corrected chi connectivity index (χ2v) is 10.1. The van der Waals surface area contributed by atoms with Crippen molar-refractivity contribution in [3.05, 3.63) is 84.0 Å². The molecule has 0 amide bonds. The lowest BCUT2D eigenvalue weighted by Crippen LogP contribution is -2.30. The summed E-state index contributed by atoms with van der Waals surface area (Å²) in [5.74, 6) is -8.52. The second-order valence-electron chi connectivity index (χ2n) is 10.1. The first-order valence-corrected chi connectivity index (χ1v) is 13.5. The van der Waals surface area contributed by atoms with Crippen molar-refractivity contribution < 1.29 is 35.8 Å². The molecule has 0 radical (unpaired) electrons. The fourth-order valence-electron chi connectivity index (χ4n) is 5.24. The summed E-state index contributed by atoms with van der Waals surface area (Å²) in [6.07, 6.45) is 6.84. The second kappa shape index (κ2) is 12.8. The van der Waals surface area contributed by atoms with Crippen LogP contribution in [0.3, 0.4) is 0 Å². The Hall–Kier alpha value is -3.42. The molecule has 214 valence electrons. The maximum atomic E-state index is 14.9. The molecular weight excluding hydrogens is 530 g/mol. The molecule has 0 atom stereocenters. The van der Waals surface area contributed by atoms with E-state index in [9.17, 15) is 26.3 Å². The Balaban J connectivity index is 1.42. The highest BCUT2D eigenvalue weighted by Gasteiger charge is 2.35. The Morgan fingerprint density at radius 2 is 1.23 bits per heavy atom. The molecule has 4 rings (SSSR count). The third-order valence-electron chi connectivity index (χ3n) is 7.28. The molecule has 0 aromatic heterocycles. The minimum atomic E-state index is -3.18. The highest BCUT2D eigenvalue weighted by molar-refractivity contribution is 5.72. The zero-order valence-corrected chi connectivity index (χ0v) is 22.5. The Labute approximate surface area is 230 Å². The van der Waals surface area contributed by atoms with Gasteiger partial charge >= 0.3 is 0 Å². The standard InChI is InChI=1S/C32H32F6O2/c1-3-5-20-6-8-21(9-7-20)18-32(37,38)19-40-27-17-15-25(29(34)31(27)36)23-12-10-22(11-13-23)24-14-16-26(39-4-2)30(35)28(24)33/h3,5,10-17,20-21H,4,6-9,18-19H2,1-2H3/b5-3+. The number of allylic oxidation sites excluding steroid dienone is 2. The predicted molar refractivity (Wildman–Crippen MR) is 144 cm³/mol. The average Bonchev–Trinajstić information content (AvgIpc) is 2.94. The van der Waals surface area contributed by atoms with E-state index < -0.39 is 41.5 Å². The van der Waals surface area contributed by atoms with Gasteiger partial charge in [0.15, 0.2) is 29.7 Å². The Morgan fingerprint density at radius 1 is 0.725 bits per heavy atom. The topological polar surface area (TPSA) is 18.5 Å². The van der Waals surface area contributed by atoms with Gasteiger partial charge in [-0.15, -0.1) is 0 Å². The minimum Gasteiger partial charge on any atom is -0.491 e. The number of rotatable bonds is 10. The lowest BCUT2D eigenvalue weighted by atomic mass is 9.79. The van der Waals surface area contributed by atoms with Crippen molar-refractivity contribution in [3.63, 3.8) is 0 Å². The molecule has 2 nitrogen and oxygen atoms in total. The third kappa shape index (κ3) is 6.83. The van der Waals surface area contributed by atoms with Crippen LogP contribution >= 0.6 is 0 Å². The van der Waals surface area contributed by atoms with Crippen molar-refractivity contribution >= 4 is 0 Å². The molecule has 0 heterocycles. The number of alkyl halides is 2. The van der Waals surface area contributed by atoms with E-state index in [-0.39, 0.29) is 41.4 Å². The summed E-state index contributed by atoms with van der Waals surface area (Å²) >= 11 is 0. The van der Waals surface area contributed by atoms with Gasteiger partial charge in [0, 0.05) is 17.5 Å². The van der Waals surface area contributed by atoms with Gasteiger partial charge in [0.05, 0.1) is 6.61 Å². The predicted octanol–water partition coefficient (Wildman–Crippen LogP) is 9.76. The van der Waals surface area contributed by atoms with Crippen LogP contribution in [0.5, 0.6) is 11.5 Å². The van der Waals surface area contributed by atoms with E-state index in [1.165, 1.54) is 42.5 Å². The van der Waals surface area contributed by atoms with Gasteiger partial charge in [-0.2, -0.15) is 8.78 Å². The highest BCUT2D eigenvalue weighted by atomic mass is 19.3. The number of benzene rings is 3. The number of ether oxygens (including phenoxy) is 2. The van der Waals surface area contributed by atoms with Gasteiger partial charge in [0.1, 0.15) is 0 Å². The van der Waals surface area contributed by atoms with Crippen LogP contribution in [0.15, 0.2) is 60.7 Å². The smallest absolute Gasteiger partial charge is 0.281 e. The molecule has 3 aromatic carbocycles. The number of halogens is 6. The van der Waals surface area contributed by atoms with Crippen molar-refractivity contribution in [3.8, 4) is 33.8 Å². The van der Waals surface area contributed by atoms with Gasteiger partial charge < -0.3 is 9.47 Å². The van der Waals surface area contributed by atoms with E-state index in [2.05, 4.69) is 6.08 Å². The Bertz CT molecular complexity index is 1330. The maximum Gasteiger partial charge on any atom is 0.281 e. The van der Waals surface area contributed by atoms with Crippen molar-refractivity contribution in [1.29, 1.82) is 0 Å². The van der Waals surface area contributed by atoms with E-state index in [1.807, 2.05) is 13.0 Å². The SMILES string of the molecule is C/C=C/C1CCC(CC(F)(F)COc2ccc(-c3ccc(-c4ccc(OCC)c(F)c4F)cc3)c(F)c2F)CC1. The molecule has 1 fully saturated rings. The average molecular weight is 563 g/mol. The van der Waals surface area contributed by atoms with E-state index in [4.69, 9.17) is 9.47 Å². The highest BCUT2D eigenvalue weighted by Crippen LogP contribution is 2.38. The van der Waals surface area contributed by atoms with Gasteiger partial charge in [0.25, 0.3) is 5.92 Å². The quantitative estimate of drug-likeness (QED) is 0.181. The van der Waals surface area contributed by atoms with Crippen LogP contribution in [-0.4, -0.2) is 19.1 Å². The summed E-state index contributed by atoms with van der Waals surface area (Å²) in [5.41, 5.74) is 0.438. The van der Waals surface area contributed by atoms with Crippen LogP contribution in [0.1, 0.15) is 46.0 Å². The van der Waals surface area contributed by atoms with Crippen LogP contribution in [0.2, 0.25) is 0 Å². The molecule has 0 saturated heterocycles. The van der Waals surface area contributed by atoms with E-state index in [1.54, 1.807) is 6.92 Å². The summed E-state index contributed by atoms with van der Waals surface area (Å²) in [4.78, 5) is 0. The molecular formula is C32H32F6O2. The molecule has 40 heavy (non-hydrogen) atoms. The van der Waals surface area contributed by atoms with Crippen LogP contribution in [0.25, 0.3) is 22.3 Å². The summed E-state index contributed by atoms with van der Waals surface area (Å²) in [6.45, 7) is 2.73. The lowest BCUT2D eigenvalue weighted by molar-refractivity contribution is -0.0644. The van der Waals surface area contributed by atoms with Crippen LogP contribution in [-0.2, 0) is 0 Å². The van der Waals surface area contributed by atoms with Gasteiger partial charge in [-0.1, -0.05) is 36.4 Å². The zero-order valence-electron chi connectivity index (χ0n) is 22.5. The van der Waals surface area contributed by atoms with Gasteiger partial charge in [-0.25, -0.2) is 17.6 Å². The third-order valence-corrected chi connectivity index (χ3v) is 7.28. The van der Waals surface area contributed by atoms with Crippen molar-refractivity contribution in [2.45, 2.75) is 51.9 Å². The monoisotopic (exact) mass is 562 g/mol. The summed E-state index contributed by atoms with van der Waals surface area (Å²) < 4.78 is 97.8. The van der Waals surface area contributed by atoms with E-state index in [0.29, 0.717) is 24.3 Å². The van der Waals surface area contributed by atoms with Crippen molar-refractivity contribution in [1.82, 2.24) is 0 Å². The minimum absolute atomic E-state index is 0.0188. The largest absolute Gasteiger partial charge is 0.491 e. The maximum absolute atomic E-state index is 14.9. The molecule has 0 N–H and O–H groups in total. The fraction of sp³-hybridized carbons (Fsp3) is 0.375. The number of hydrogen-bond donors (Lipinski definition) is 0.